The lowest BCUT2D eigenvalue weighted by Crippen LogP contribution is -2.37. The molecule has 3 rings (SSSR count). The van der Waals surface area contributed by atoms with E-state index in [9.17, 15) is 14.7 Å². The van der Waals surface area contributed by atoms with Gasteiger partial charge in [-0.15, -0.1) is 0 Å². The lowest BCUT2D eigenvalue weighted by Gasteiger charge is -2.21. The Morgan fingerprint density at radius 2 is 2.08 bits per heavy atom. The molecule has 2 amide bonds. The smallest absolute Gasteiger partial charge is 0.244 e. The molecule has 2 N–H and O–H groups in total. The second kappa shape index (κ2) is 6.62. The number of carbonyl (C=O) groups is 2. The van der Waals surface area contributed by atoms with Crippen LogP contribution < -0.4 is 15.0 Å². The number of aryl methyl sites for hydroxylation is 1. The summed E-state index contributed by atoms with van der Waals surface area (Å²) in [5.74, 6) is 0.00560. The number of rotatable bonds is 3. The van der Waals surface area contributed by atoms with Crippen molar-refractivity contribution < 1.29 is 19.4 Å². The number of phenolic OH excluding ortho intramolecular Hbond substituents is 1. The largest absolute Gasteiger partial charge is 0.506 e. The first-order chi connectivity index (χ1) is 11.5. The fraction of sp³-hybridized carbons (Fsp3) is 0.222. The second-order valence-corrected chi connectivity index (χ2v) is 5.61. The van der Waals surface area contributed by atoms with Crippen LogP contribution in [0.2, 0.25) is 0 Å². The van der Waals surface area contributed by atoms with Gasteiger partial charge in [0.2, 0.25) is 11.8 Å². The molecule has 6 nitrogen and oxygen atoms in total. The van der Waals surface area contributed by atoms with Crippen molar-refractivity contribution in [3.8, 4) is 11.5 Å². The number of nitrogens with one attached hydrogen (secondary N) is 1. The van der Waals surface area contributed by atoms with Crippen LogP contribution in [0.3, 0.4) is 0 Å². The highest BCUT2D eigenvalue weighted by Gasteiger charge is 2.25. The van der Waals surface area contributed by atoms with Gasteiger partial charge in [-0.05, 0) is 36.8 Å². The molecule has 24 heavy (non-hydrogen) atoms. The normalized spacial score (nSPS) is 13.7. The Morgan fingerprint density at radius 3 is 2.88 bits per heavy atom. The predicted octanol–water partition coefficient (Wildman–Crippen LogP) is 2.45. The highest BCUT2D eigenvalue weighted by molar-refractivity contribution is 6.04. The molecule has 0 atom stereocenters. The molecule has 124 valence electrons. The summed E-state index contributed by atoms with van der Waals surface area (Å²) in [5, 5.41) is 12.5. The van der Waals surface area contributed by atoms with Crippen molar-refractivity contribution in [3.05, 3.63) is 48.0 Å². The molecule has 1 aliphatic rings. The van der Waals surface area contributed by atoms with Crippen LogP contribution in [0.5, 0.6) is 11.5 Å². The minimum absolute atomic E-state index is 0.00530. The number of phenols is 1. The molecule has 0 bridgehead atoms. The molecule has 0 spiro atoms. The van der Waals surface area contributed by atoms with Crippen molar-refractivity contribution in [2.75, 3.05) is 23.4 Å². The van der Waals surface area contributed by atoms with Crippen LogP contribution in [0, 0.1) is 6.92 Å². The van der Waals surface area contributed by atoms with Gasteiger partial charge in [0.15, 0.2) is 0 Å². The maximum Gasteiger partial charge on any atom is 0.244 e. The van der Waals surface area contributed by atoms with E-state index < -0.39 is 0 Å². The lowest BCUT2D eigenvalue weighted by atomic mass is 10.2. The minimum atomic E-state index is -0.390. The third-order valence-electron chi connectivity index (χ3n) is 3.76. The molecule has 0 saturated carbocycles. The topological polar surface area (TPSA) is 78.9 Å². The van der Waals surface area contributed by atoms with Gasteiger partial charge in [-0.2, -0.15) is 0 Å². The van der Waals surface area contributed by atoms with Crippen LogP contribution in [0.4, 0.5) is 11.4 Å². The monoisotopic (exact) mass is 326 g/mol. The first-order valence-corrected chi connectivity index (χ1v) is 7.66. The molecule has 0 aliphatic carbocycles. The number of amides is 2. The van der Waals surface area contributed by atoms with Gasteiger partial charge in [0.1, 0.15) is 18.0 Å². The summed E-state index contributed by atoms with van der Waals surface area (Å²) in [6.07, 6.45) is 0.206. The molecule has 0 unspecified atom stereocenters. The van der Waals surface area contributed by atoms with Crippen LogP contribution in [-0.2, 0) is 9.59 Å². The highest BCUT2D eigenvalue weighted by atomic mass is 16.5. The van der Waals surface area contributed by atoms with Gasteiger partial charge in [0, 0.05) is 0 Å². The van der Waals surface area contributed by atoms with Gasteiger partial charge in [-0.25, -0.2) is 0 Å². The summed E-state index contributed by atoms with van der Waals surface area (Å²) >= 11 is 0. The Morgan fingerprint density at radius 1 is 1.29 bits per heavy atom. The number of carbonyl (C=O) groups excluding carboxylic acids is 2. The van der Waals surface area contributed by atoms with Gasteiger partial charge in [0.05, 0.1) is 24.4 Å². The fourth-order valence-corrected chi connectivity index (χ4v) is 2.57. The van der Waals surface area contributed by atoms with Crippen LogP contribution in [0.25, 0.3) is 0 Å². The Labute approximate surface area is 139 Å². The standard InChI is InChI=1S/C18H18N2O4/c1-12-6-7-13(15(21)10-12)19-17(22)11-20-14-4-2-3-5-16(14)24-9-8-18(20)23/h2-7,10,21H,8-9,11H2,1H3,(H,19,22). The van der Waals surface area contributed by atoms with E-state index in [0.29, 0.717) is 17.1 Å². The Kier molecular flexibility index (Phi) is 4.37. The Bertz CT molecular complexity index is 788. The third-order valence-corrected chi connectivity index (χ3v) is 3.76. The molecule has 0 radical (unpaired) electrons. The van der Waals surface area contributed by atoms with Crippen LogP contribution in [0.15, 0.2) is 42.5 Å². The van der Waals surface area contributed by atoms with E-state index in [2.05, 4.69) is 5.32 Å². The zero-order chi connectivity index (χ0) is 17.1. The van der Waals surface area contributed by atoms with Gasteiger partial charge in [-0.3, -0.25) is 14.5 Å². The molecule has 2 aromatic rings. The first kappa shape index (κ1) is 15.9. The van der Waals surface area contributed by atoms with E-state index in [1.807, 2.05) is 13.0 Å². The number of fused-ring (bicyclic) bond motifs is 1. The van der Waals surface area contributed by atoms with E-state index in [1.165, 1.54) is 4.90 Å². The second-order valence-electron chi connectivity index (χ2n) is 5.61. The molecule has 6 heteroatoms. The zero-order valence-corrected chi connectivity index (χ0v) is 13.3. The van der Waals surface area contributed by atoms with Gasteiger partial charge in [-0.1, -0.05) is 18.2 Å². The third kappa shape index (κ3) is 3.32. The number of aromatic hydroxyl groups is 1. The Hall–Kier alpha value is -3.02. The summed E-state index contributed by atoms with van der Waals surface area (Å²) in [6.45, 7) is 1.98. The number of anilines is 2. The summed E-state index contributed by atoms with van der Waals surface area (Å²) in [5.41, 5.74) is 1.78. The molecular formula is C18H18N2O4. The molecule has 0 saturated heterocycles. The van der Waals surface area contributed by atoms with Crippen molar-refractivity contribution in [2.45, 2.75) is 13.3 Å². The lowest BCUT2D eigenvalue weighted by molar-refractivity contribution is -0.121. The first-order valence-electron chi connectivity index (χ1n) is 7.66. The molecular weight excluding hydrogens is 308 g/mol. The van der Waals surface area contributed by atoms with Crippen molar-refractivity contribution in [1.29, 1.82) is 0 Å². The summed E-state index contributed by atoms with van der Waals surface area (Å²) < 4.78 is 5.55. The van der Waals surface area contributed by atoms with E-state index in [4.69, 9.17) is 4.74 Å². The predicted molar refractivity (Wildman–Crippen MR) is 90.4 cm³/mol. The fourth-order valence-electron chi connectivity index (χ4n) is 2.57. The van der Waals surface area contributed by atoms with Crippen LogP contribution >= 0.6 is 0 Å². The molecule has 0 aromatic heterocycles. The number of nitrogens with zero attached hydrogens (tertiary/aromatic N) is 1. The van der Waals surface area contributed by atoms with Crippen molar-refractivity contribution in [3.63, 3.8) is 0 Å². The molecule has 1 heterocycles. The van der Waals surface area contributed by atoms with Crippen LogP contribution in [-0.4, -0.2) is 30.1 Å². The highest BCUT2D eigenvalue weighted by Crippen LogP contribution is 2.31. The van der Waals surface area contributed by atoms with E-state index in [0.717, 1.165) is 5.56 Å². The van der Waals surface area contributed by atoms with E-state index >= 15 is 0 Å². The minimum Gasteiger partial charge on any atom is -0.506 e. The van der Waals surface area contributed by atoms with Crippen molar-refractivity contribution in [1.82, 2.24) is 0 Å². The molecule has 0 fully saturated rings. The number of hydrogen-bond donors (Lipinski definition) is 2. The summed E-state index contributed by atoms with van der Waals surface area (Å²) in [4.78, 5) is 26.0. The number of hydrogen-bond acceptors (Lipinski definition) is 4. The van der Waals surface area contributed by atoms with Gasteiger partial charge < -0.3 is 15.2 Å². The number of ether oxygens (including phenoxy) is 1. The van der Waals surface area contributed by atoms with Crippen molar-refractivity contribution in [2.24, 2.45) is 0 Å². The SMILES string of the molecule is Cc1ccc(NC(=O)CN2C(=O)CCOc3ccccc32)c(O)c1. The quantitative estimate of drug-likeness (QED) is 0.849. The van der Waals surface area contributed by atoms with Gasteiger partial charge >= 0.3 is 0 Å². The summed E-state index contributed by atoms with van der Waals surface area (Å²) in [6, 6.07) is 12.1. The van der Waals surface area contributed by atoms with Crippen LogP contribution in [0.1, 0.15) is 12.0 Å². The average Bonchev–Trinajstić information content (AvgIpc) is 2.70. The van der Waals surface area contributed by atoms with E-state index in [-0.39, 0.29) is 37.1 Å². The maximum atomic E-state index is 12.3. The van der Waals surface area contributed by atoms with E-state index in [1.54, 1.807) is 36.4 Å². The zero-order valence-electron chi connectivity index (χ0n) is 13.3. The van der Waals surface area contributed by atoms with Crippen molar-refractivity contribution >= 4 is 23.2 Å². The Balaban J connectivity index is 1.79. The molecule has 2 aromatic carbocycles. The average molecular weight is 326 g/mol. The van der Waals surface area contributed by atoms with Gasteiger partial charge in [0.25, 0.3) is 0 Å². The number of benzene rings is 2. The molecule has 1 aliphatic heterocycles. The number of para-hydroxylation sites is 2. The summed E-state index contributed by atoms with van der Waals surface area (Å²) in [7, 11) is 0. The maximum absolute atomic E-state index is 12.3.